The van der Waals surface area contributed by atoms with Gasteiger partial charge in [0.2, 0.25) is 11.8 Å². The summed E-state index contributed by atoms with van der Waals surface area (Å²) in [4.78, 5) is 26.2. The monoisotopic (exact) mass is 565 g/mol. The van der Waals surface area contributed by atoms with E-state index in [2.05, 4.69) is 16.8 Å². The Kier molecular flexibility index (Phi) is 11.9. The van der Waals surface area contributed by atoms with Crippen molar-refractivity contribution in [2.75, 3.05) is 18.4 Å². The number of carbonyl (C=O) groups is 2. The lowest BCUT2D eigenvalue weighted by atomic mass is 9.99. The average Bonchev–Trinajstić information content (AvgIpc) is 3.54. The maximum absolute atomic E-state index is 12.5. The van der Waals surface area contributed by atoms with Crippen molar-refractivity contribution < 1.29 is 29.4 Å². The molecule has 0 spiro atoms. The zero-order valence-corrected chi connectivity index (χ0v) is 23.7. The number of hydroxylamine groups is 1. The van der Waals surface area contributed by atoms with Crippen LogP contribution in [-0.4, -0.2) is 52.3 Å². The van der Waals surface area contributed by atoms with E-state index in [1.807, 2.05) is 54.6 Å². The number of nitrogens with zero attached hydrogens (tertiary/aromatic N) is 1. The Morgan fingerprint density at radius 3 is 2.41 bits per heavy atom. The van der Waals surface area contributed by atoms with Crippen LogP contribution in [0.15, 0.2) is 61.2 Å². The molecular formula is C32H43N3O6. The molecular weight excluding hydrogens is 522 g/mol. The van der Waals surface area contributed by atoms with E-state index in [0.29, 0.717) is 31.0 Å². The van der Waals surface area contributed by atoms with Crippen LogP contribution in [0.2, 0.25) is 0 Å². The molecule has 1 saturated carbocycles. The molecule has 1 heterocycles. The van der Waals surface area contributed by atoms with Crippen molar-refractivity contribution in [3.8, 4) is 0 Å². The predicted octanol–water partition coefficient (Wildman–Crippen LogP) is 5.16. The number of anilines is 1. The van der Waals surface area contributed by atoms with Crippen molar-refractivity contribution in [3.63, 3.8) is 0 Å². The molecule has 4 N–H and O–H groups in total. The minimum Gasteiger partial charge on any atom is -0.392 e. The molecule has 0 aromatic heterocycles. The number of unbranched alkanes of at least 4 members (excludes halogenated alkanes) is 1. The first-order valence-electron chi connectivity index (χ1n) is 14.7. The summed E-state index contributed by atoms with van der Waals surface area (Å²) in [6.45, 7) is 5.58. The molecule has 1 aliphatic heterocycles. The summed E-state index contributed by atoms with van der Waals surface area (Å²) in [6.07, 6.45) is 8.21. The number of hydrogen-bond acceptors (Lipinski definition) is 7. The third-order valence-corrected chi connectivity index (χ3v) is 7.88. The quantitative estimate of drug-likeness (QED) is 0.108. The summed E-state index contributed by atoms with van der Waals surface area (Å²) in [7, 11) is 0. The van der Waals surface area contributed by atoms with Crippen LogP contribution < -0.4 is 10.8 Å². The Morgan fingerprint density at radius 1 is 1.00 bits per heavy atom. The molecule has 9 nitrogen and oxygen atoms in total. The normalized spacial score (nSPS) is 21.1. The molecule has 1 aliphatic carbocycles. The number of aliphatic hydroxyl groups excluding tert-OH is 1. The van der Waals surface area contributed by atoms with Gasteiger partial charge in [0.25, 0.3) is 0 Å². The molecule has 2 fully saturated rings. The fraction of sp³-hybridized carbons (Fsp3) is 0.500. The van der Waals surface area contributed by atoms with E-state index in [0.717, 1.165) is 29.8 Å². The number of hydrogen-bond donors (Lipinski definition) is 4. The van der Waals surface area contributed by atoms with Gasteiger partial charge in [-0.1, -0.05) is 55.3 Å². The summed E-state index contributed by atoms with van der Waals surface area (Å²) in [5, 5.41) is 21.0. The van der Waals surface area contributed by atoms with Crippen molar-refractivity contribution >= 4 is 17.5 Å². The number of ether oxygens (including phenoxy) is 2. The smallest absolute Gasteiger partial charge is 0.243 e. The zero-order chi connectivity index (χ0) is 29.0. The number of benzene rings is 2. The molecule has 0 bridgehead atoms. The van der Waals surface area contributed by atoms with E-state index in [9.17, 15) is 14.7 Å². The van der Waals surface area contributed by atoms with Crippen LogP contribution in [-0.2, 0) is 25.7 Å². The summed E-state index contributed by atoms with van der Waals surface area (Å²) in [5.74, 6) is -0.601. The number of carbonyl (C=O) groups excluding carboxylic acids is 2. The molecule has 2 aromatic rings. The predicted molar refractivity (Wildman–Crippen MR) is 156 cm³/mol. The van der Waals surface area contributed by atoms with E-state index in [-0.39, 0.29) is 37.6 Å². The number of nitrogens with one attached hydrogen (secondary N) is 2. The molecule has 3 atom stereocenters. The van der Waals surface area contributed by atoms with Crippen LogP contribution in [0.25, 0.3) is 0 Å². The molecule has 4 rings (SSSR count). The van der Waals surface area contributed by atoms with Crippen molar-refractivity contribution in [2.45, 2.75) is 88.9 Å². The van der Waals surface area contributed by atoms with Gasteiger partial charge in [0.15, 0.2) is 6.29 Å². The standard InChI is InChI=1S/C32H43N3O6/c1-2-18-35(27-10-3-4-11-27)21-28-20-29(24-16-14-23(22-36)15-17-24)41-32(40-28)25-8-7-9-26(19-25)33-30(37)12-5-6-13-31(38)34-39/h2,7-9,14-17,19,27-29,32,36,39H,1,3-6,10-13,18,20-22H2,(H,33,37)(H,34,38)/t28-,29+,32+/m0/s1. The van der Waals surface area contributed by atoms with E-state index in [1.54, 1.807) is 5.48 Å². The second-order valence-electron chi connectivity index (χ2n) is 10.9. The van der Waals surface area contributed by atoms with Crippen LogP contribution in [0, 0.1) is 0 Å². The average molecular weight is 566 g/mol. The van der Waals surface area contributed by atoms with Crippen molar-refractivity contribution in [2.24, 2.45) is 0 Å². The number of amides is 2. The third-order valence-electron chi connectivity index (χ3n) is 7.88. The van der Waals surface area contributed by atoms with Gasteiger partial charge < -0.3 is 19.9 Å². The first-order chi connectivity index (χ1) is 20.0. The van der Waals surface area contributed by atoms with Crippen LogP contribution >= 0.6 is 0 Å². The van der Waals surface area contributed by atoms with Gasteiger partial charge in [-0.3, -0.25) is 19.7 Å². The highest BCUT2D eigenvalue weighted by atomic mass is 16.7. The van der Waals surface area contributed by atoms with E-state index >= 15 is 0 Å². The van der Waals surface area contributed by atoms with Gasteiger partial charge in [-0.2, -0.15) is 0 Å². The first-order valence-corrected chi connectivity index (χ1v) is 14.7. The van der Waals surface area contributed by atoms with Crippen LogP contribution in [0.1, 0.15) is 86.9 Å². The SMILES string of the molecule is C=CCN(C[C@@H]1C[C@H](c2ccc(CO)cc2)O[C@H](c2cccc(NC(=O)CCCCC(=O)NO)c2)O1)C1CCCC1. The second-order valence-corrected chi connectivity index (χ2v) is 10.9. The summed E-state index contributed by atoms with van der Waals surface area (Å²) >= 11 is 0. The van der Waals surface area contributed by atoms with Gasteiger partial charge >= 0.3 is 0 Å². The largest absolute Gasteiger partial charge is 0.392 e. The first kappa shape index (κ1) is 30.9. The van der Waals surface area contributed by atoms with Crippen LogP contribution in [0.3, 0.4) is 0 Å². The van der Waals surface area contributed by atoms with Gasteiger partial charge in [-0.15, -0.1) is 6.58 Å². The Bertz CT molecular complexity index is 1130. The maximum Gasteiger partial charge on any atom is 0.243 e. The van der Waals surface area contributed by atoms with E-state index in [4.69, 9.17) is 14.7 Å². The Balaban J connectivity index is 1.46. The topological polar surface area (TPSA) is 120 Å². The lowest BCUT2D eigenvalue weighted by Gasteiger charge is -2.39. The van der Waals surface area contributed by atoms with Gasteiger partial charge in [0.05, 0.1) is 18.8 Å². The van der Waals surface area contributed by atoms with Crippen LogP contribution in [0.4, 0.5) is 5.69 Å². The maximum atomic E-state index is 12.5. The fourth-order valence-corrected chi connectivity index (χ4v) is 5.72. The summed E-state index contributed by atoms with van der Waals surface area (Å²) in [5.41, 5.74) is 4.96. The lowest BCUT2D eigenvalue weighted by Crippen LogP contribution is -2.43. The molecule has 0 unspecified atom stereocenters. The molecule has 9 heteroatoms. The van der Waals surface area contributed by atoms with Gasteiger partial charge in [-0.05, 0) is 48.9 Å². The van der Waals surface area contributed by atoms with Gasteiger partial charge in [-0.25, -0.2) is 5.48 Å². The molecule has 2 aromatic carbocycles. The van der Waals surface area contributed by atoms with E-state index in [1.165, 1.54) is 25.7 Å². The summed E-state index contributed by atoms with van der Waals surface area (Å²) in [6, 6.07) is 15.9. The molecule has 41 heavy (non-hydrogen) atoms. The molecule has 2 aliphatic rings. The van der Waals surface area contributed by atoms with Gasteiger partial charge in [0.1, 0.15) is 0 Å². The highest BCUT2D eigenvalue weighted by molar-refractivity contribution is 5.90. The van der Waals surface area contributed by atoms with E-state index < -0.39 is 12.2 Å². The fourth-order valence-electron chi connectivity index (χ4n) is 5.72. The number of aliphatic hydroxyl groups is 1. The molecule has 1 saturated heterocycles. The minimum absolute atomic E-state index is 0.00539. The number of rotatable bonds is 14. The third kappa shape index (κ3) is 9.21. The minimum atomic E-state index is -0.612. The van der Waals surface area contributed by atoms with Crippen molar-refractivity contribution in [1.29, 1.82) is 0 Å². The summed E-state index contributed by atoms with van der Waals surface area (Å²) < 4.78 is 13.1. The highest BCUT2D eigenvalue weighted by Crippen LogP contribution is 2.39. The molecule has 0 radical (unpaired) electrons. The Morgan fingerprint density at radius 2 is 1.73 bits per heavy atom. The van der Waals surface area contributed by atoms with Gasteiger partial charge in [0, 0.05) is 49.6 Å². The molecule has 2 amide bonds. The lowest BCUT2D eigenvalue weighted by molar-refractivity contribution is -0.253. The van der Waals surface area contributed by atoms with Crippen molar-refractivity contribution in [3.05, 3.63) is 77.9 Å². The Labute approximate surface area is 242 Å². The van der Waals surface area contributed by atoms with Crippen molar-refractivity contribution in [1.82, 2.24) is 10.4 Å². The second kappa shape index (κ2) is 15.8. The highest BCUT2D eigenvalue weighted by Gasteiger charge is 2.34. The Hall–Kier alpha value is -3.08. The molecule has 222 valence electrons. The van der Waals surface area contributed by atoms with Crippen LogP contribution in [0.5, 0.6) is 0 Å². The zero-order valence-electron chi connectivity index (χ0n) is 23.7.